The van der Waals surface area contributed by atoms with Crippen LogP contribution >= 0.6 is 12.4 Å². The predicted molar refractivity (Wildman–Crippen MR) is 188 cm³/mol. The molecule has 1 aromatic heterocycles. The molecule has 1 saturated heterocycles. The average molecular weight is 720 g/mol. The number of esters is 1. The van der Waals surface area contributed by atoms with Gasteiger partial charge >= 0.3 is 5.97 Å². The van der Waals surface area contributed by atoms with Crippen LogP contribution in [0, 0.1) is 20.8 Å². The number of pyridine rings is 1. The van der Waals surface area contributed by atoms with Crippen LogP contribution < -0.4 is 20.5 Å². The van der Waals surface area contributed by atoms with E-state index >= 15 is 0 Å². The summed E-state index contributed by atoms with van der Waals surface area (Å²) in [6, 6.07) is 6.15. The number of nitrogens with one attached hydrogen (secondary N) is 2. The lowest BCUT2D eigenvalue weighted by molar-refractivity contribution is -0.156. The smallest absolute Gasteiger partial charge is 0.308 e. The fraction of sp³-hybridized carbons (Fsp3) is 0.471. The highest BCUT2D eigenvalue weighted by Gasteiger charge is 2.35. The first kappa shape index (κ1) is 39.5. The maximum atomic E-state index is 14.0. The zero-order valence-electron chi connectivity index (χ0n) is 28.9. The van der Waals surface area contributed by atoms with Gasteiger partial charge in [-0.25, -0.2) is 13.4 Å². The van der Waals surface area contributed by atoms with E-state index in [-0.39, 0.29) is 29.6 Å². The number of hydrogen-bond acceptors (Lipinski definition) is 10. The molecule has 268 valence electrons. The number of morpholine rings is 1. The number of benzene rings is 2. The molecule has 2 heterocycles. The van der Waals surface area contributed by atoms with Gasteiger partial charge < -0.3 is 30.2 Å². The van der Waals surface area contributed by atoms with Gasteiger partial charge in [-0.3, -0.25) is 14.4 Å². The van der Waals surface area contributed by atoms with Gasteiger partial charge in [0.25, 0.3) is 0 Å². The Kier molecular flexibility index (Phi) is 13.0. The Labute approximate surface area is 293 Å². The van der Waals surface area contributed by atoms with E-state index < -0.39 is 46.0 Å². The number of methoxy groups -OCH3 is 1. The van der Waals surface area contributed by atoms with Crippen molar-refractivity contribution in [3.63, 3.8) is 0 Å². The number of nitrogens with two attached hydrogens (primary N) is 1. The number of rotatable bonds is 11. The third kappa shape index (κ3) is 9.81. The van der Waals surface area contributed by atoms with Crippen LogP contribution in [-0.2, 0) is 40.3 Å². The highest BCUT2D eigenvalue weighted by molar-refractivity contribution is 7.89. The normalized spacial score (nSPS) is 14.8. The minimum atomic E-state index is -4.37. The summed E-state index contributed by atoms with van der Waals surface area (Å²) in [5, 5.41) is 4.31. The van der Waals surface area contributed by atoms with E-state index in [4.69, 9.17) is 19.9 Å². The number of carbonyl (C=O) groups is 3. The zero-order chi connectivity index (χ0) is 35.4. The number of sulfonamides is 1. The molecule has 4 rings (SSSR count). The first-order valence-corrected chi connectivity index (χ1v) is 17.2. The van der Waals surface area contributed by atoms with Gasteiger partial charge in [0.05, 0.1) is 31.6 Å². The number of anilines is 1. The summed E-state index contributed by atoms with van der Waals surface area (Å²) in [4.78, 5) is 46.6. The van der Waals surface area contributed by atoms with Crippen molar-refractivity contribution in [1.82, 2.24) is 19.9 Å². The Morgan fingerprint density at radius 1 is 1.04 bits per heavy atom. The fourth-order valence-electron chi connectivity index (χ4n) is 5.72. The summed E-state index contributed by atoms with van der Waals surface area (Å²) in [5.41, 5.74) is 7.30. The summed E-state index contributed by atoms with van der Waals surface area (Å²) in [5.74, 6) is -1.13. The second kappa shape index (κ2) is 16.2. The van der Waals surface area contributed by atoms with Gasteiger partial charge in [-0.1, -0.05) is 18.2 Å². The molecule has 0 spiro atoms. The van der Waals surface area contributed by atoms with Crippen molar-refractivity contribution in [2.24, 2.45) is 0 Å². The first-order chi connectivity index (χ1) is 22.5. The van der Waals surface area contributed by atoms with Crippen LogP contribution in [0.2, 0.25) is 0 Å². The maximum absolute atomic E-state index is 14.0. The van der Waals surface area contributed by atoms with Gasteiger partial charge in [0, 0.05) is 31.1 Å². The molecule has 0 aliphatic carbocycles. The van der Waals surface area contributed by atoms with E-state index in [9.17, 15) is 22.8 Å². The van der Waals surface area contributed by atoms with E-state index in [1.54, 1.807) is 76.9 Å². The molecule has 0 bridgehead atoms. The largest absolute Gasteiger partial charge is 0.496 e. The molecule has 4 N–H and O–H groups in total. The monoisotopic (exact) mass is 719 g/mol. The molecule has 3 aromatic rings. The molecule has 49 heavy (non-hydrogen) atoms. The number of amides is 2. The van der Waals surface area contributed by atoms with Crippen LogP contribution in [0.5, 0.6) is 5.75 Å². The average Bonchev–Trinajstić information content (AvgIpc) is 3.01. The molecule has 1 fully saturated rings. The summed E-state index contributed by atoms with van der Waals surface area (Å²) < 4.78 is 46.6. The summed E-state index contributed by atoms with van der Waals surface area (Å²) in [6.07, 6.45) is 1.05. The van der Waals surface area contributed by atoms with Gasteiger partial charge in [0.15, 0.2) is 0 Å². The Hall–Kier alpha value is -3.98. The van der Waals surface area contributed by atoms with Crippen molar-refractivity contribution in [3.05, 3.63) is 58.8 Å². The highest BCUT2D eigenvalue weighted by Crippen LogP contribution is 2.31. The Morgan fingerprint density at radius 3 is 2.35 bits per heavy atom. The standard InChI is InChI=1S/C34H45N5O8S.ClH/c1-20-16-28(45-7)21(2)22(3)30(20)48(43,44)38-26(19-29(40)47-34(4,5)6)32(41)37-27(33(42)39-12-14-46-15-13-39)18-23-8-9-25-24(17-23)10-11-36-31(25)35;/h8-11,16-17,26-27,38H,12-15,18-19H2,1-7H3,(H2,35,36)(H,37,41);1H/t26-,27?;/m0./s1. The number of halogens is 1. The van der Waals surface area contributed by atoms with E-state index in [1.807, 2.05) is 6.07 Å². The molecule has 1 aliphatic rings. The number of carbonyl (C=O) groups excluding carboxylic acids is 3. The summed E-state index contributed by atoms with van der Waals surface area (Å²) >= 11 is 0. The predicted octanol–water partition coefficient (Wildman–Crippen LogP) is 3.14. The zero-order valence-corrected chi connectivity index (χ0v) is 30.5. The van der Waals surface area contributed by atoms with Gasteiger partial charge in [-0.15, -0.1) is 12.4 Å². The van der Waals surface area contributed by atoms with Crippen molar-refractivity contribution in [3.8, 4) is 5.75 Å². The van der Waals surface area contributed by atoms with Gasteiger partial charge in [0.2, 0.25) is 21.8 Å². The van der Waals surface area contributed by atoms with Crippen molar-refractivity contribution in [2.75, 3.05) is 39.1 Å². The molecule has 15 heteroatoms. The third-order valence-electron chi connectivity index (χ3n) is 8.11. The minimum absolute atomic E-state index is 0. The molecule has 1 unspecified atom stereocenters. The lowest BCUT2D eigenvalue weighted by Crippen LogP contribution is -2.57. The van der Waals surface area contributed by atoms with Crippen LogP contribution in [0.15, 0.2) is 41.4 Å². The molecule has 2 amide bonds. The van der Waals surface area contributed by atoms with Crippen LogP contribution in [-0.4, -0.2) is 87.2 Å². The van der Waals surface area contributed by atoms with Crippen LogP contribution in [0.25, 0.3) is 10.8 Å². The number of ether oxygens (including phenoxy) is 3. The van der Waals surface area contributed by atoms with Crippen LogP contribution in [0.1, 0.15) is 49.4 Å². The molecule has 2 atom stereocenters. The first-order valence-electron chi connectivity index (χ1n) is 15.7. The molecule has 0 radical (unpaired) electrons. The quantitative estimate of drug-likeness (QED) is 0.249. The van der Waals surface area contributed by atoms with E-state index in [0.717, 1.165) is 16.3 Å². The number of nitrogens with zero attached hydrogens (tertiary/aromatic N) is 2. The Morgan fingerprint density at radius 2 is 1.71 bits per heavy atom. The maximum Gasteiger partial charge on any atom is 0.308 e. The molecular formula is C34H46ClN5O8S. The van der Waals surface area contributed by atoms with Crippen molar-refractivity contribution in [2.45, 2.75) is 77.0 Å². The molecule has 0 saturated carbocycles. The fourth-order valence-corrected chi connectivity index (χ4v) is 7.44. The lowest BCUT2D eigenvalue weighted by Gasteiger charge is -2.31. The number of aromatic nitrogens is 1. The molecule has 13 nitrogen and oxygen atoms in total. The third-order valence-corrected chi connectivity index (χ3v) is 9.87. The van der Waals surface area contributed by atoms with Crippen LogP contribution in [0.3, 0.4) is 0 Å². The van der Waals surface area contributed by atoms with E-state index in [1.165, 1.54) is 7.11 Å². The van der Waals surface area contributed by atoms with Crippen molar-refractivity contribution < 1.29 is 37.0 Å². The van der Waals surface area contributed by atoms with Crippen molar-refractivity contribution >= 4 is 56.8 Å². The van der Waals surface area contributed by atoms with E-state index in [0.29, 0.717) is 54.6 Å². The second-order valence-electron chi connectivity index (χ2n) is 12.9. The Bertz CT molecular complexity index is 1810. The molecule has 2 aromatic carbocycles. The van der Waals surface area contributed by atoms with E-state index in [2.05, 4.69) is 15.0 Å². The summed E-state index contributed by atoms with van der Waals surface area (Å²) in [7, 11) is -2.88. The van der Waals surface area contributed by atoms with Crippen LogP contribution in [0.4, 0.5) is 5.82 Å². The topological polar surface area (TPSA) is 179 Å². The lowest BCUT2D eigenvalue weighted by atomic mass is 10.0. The van der Waals surface area contributed by atoms with Gasteiger partial charge in [-0.05, 0) is 81.3 Å². The Balaban J connectivity index is 0.00000650. The number of fused-ring (bicyclic) bond motifs is 1. The SMILES string of the molecule is COc1cc(C)c(S(=O)(=O)N[C@@H](CC(=O)OC(C)(C)C)C(=O)NC(Cc2ccc3c(N)nccc3c2)C(=O)N2CCOCC2)c(C)c1C.Cl. The van der Waals surface area contributed by atoms with Gasteiger partial charge in [0.1, 0.15) is 29.3 Å². The minimum Gasteiger partial charge on any atom is -0.496 e. The second-order valence-corrected chi connectivity index (χ2v) is 14.5. The highest BCUT2D eigenvalue weighted by atomic mass is 35.5. The van der Waals surface area contributed by atoms with Gasteiger partial charge in [-0.2, -0.15) is 4.72 Å². The number of aryl methyl sites for hydroxylation is 1. The van der Waals surface area contributed by atoms with Crippen molar-refractivity contribution in [1.29, 1.82) is 0 Å². The number of hydrogen-bond donors (Lipinski definition) is 3. The number of nitrogen functional groups attached to an aromatic ring is 1. The molecular weight excluding hydrogens is 674 g/mol. The molecule has 1 aliphatic heterocycles. The summed E-state index contributed by atoms with van der Waals surface area (Å²) in [6.45, 7) is 11.3.